The van der Waals surface area contributed by atoms with Gasteiger partial charge in [-0.2, -0.15) is 0 Å². The number of rotatable bonds is 6. The number of aromatic nitrogens is 3. The SMILES string of the molecule is O=C(CN1c2nc(-c3ccncc3)cc(=O)n2CCC1c1ccccc1)c1ccc(-c2ccccc2)cc1. The molecule has 1 atom stereocenters. The number of anilines is 1. The van der Waals surface area contributed by atoms with E-state index in [0.717, 1.165) is 22.3 Å². The number of carbonyl (C=O) groups is 1. The first-order chi connectivity index (χ1) is 18.7. The predicted molar refractivity (Wildman–Crippen MR) is 149 cm³/mol. The summed E-state index contributed by atoms with van der Waals surface area (Å²) < 4.78 is 1.68. The van der Waals surface area contributed by atoms with Gasteiger partial charge in [0.1, 0.15) is 0 Å². The van der Waals surface area contributed by atoms with Crippen LogP contribution in [0.3, 0.4) is 0 Å². The number of nitrogens with zero attached hydrogens (tertiary/aromatic N) is 4. The Bertz CT molecular complexity index is 1620. The summed E-state index contributed by atoms with van der Waals surface area (Å²) in [7, 11) is 0. The van der Waals surface area contributed by atoms with E-state index in [9.17, 15) is 9.59 Å². The first-order valence-corrected chi connectivity index (χ1v) is 12.7. The Morgan fingerprint density at radius 3 is 2.16 bits per heavy atom. The van der Waals surface area contributed by atoms with Gasteiger partial charge in [-0.25, -0.2) is 4.98 Å². The van der Waals surface area contributed by atoms with Gasteiger partial charge in [0.05, 0.1) is 18.3 Å². The molecule has 3 heterocycles. The molecule has 186 valence electrons. The molecular formula is C32H26N4O2. The molecule has 0 radical (unpaired) electrons. The molecule has 6 heteroatoms. The molecule has 0 spiro atoms. The van der Waals surface area contributed by atoms with Crippen LogP contribution in [0.1, 0.15) is 28.4 Å². The molecule has 0 bridgehead atoms. The van der Waals surface area contributed by atoms with Gasteiger partial charge in [-0.1, -0.05) is 84.9 Å². The van der Waals surface area contributed by atoms with E-state index in [-0.39, 0.29) is 23.9 Å². The van der Waals surface area contributed by atoms with Crippen molar-refractivity contribution in [1.82, 2.24) is 14.5 Å². The smallest absolute Gasteiger partial charge is 0.255 e. The quantitative estimate of drug-likeness (QED) is 0.277. The van der Waals surface area contributed by atoms with E-state index in [2.05, 4.69) is 29.2 Å². The molecule has 0 saturated carbocycles. The molecule has 5 aromatic rings. The van der Waals surface area contributed by atoms with Crippen molar-refractivity contribution < 1.29 is 4.79 Å². The molecule has 0 saturated heterocycles. The van der Waals surface area contributed by atoms with Gasteiger partial charge in [-0.15, -0.1) is 0 Å². The van der Waals surface area contributed by atoms with Crippen molar-refractivity contribution in [2.75, 3.05) is 11.4 Å². The van der Waals surface area contributed by atoms with Crippen molar-refractivity contribution in [3.63, 3.8) is 0 Å². The number of Topliss-reactive ketones (excluding diaryl/α,β-unsaturated/α-hetero) is 1. The van der Waals surface area contributed by atoms with Crippen LogP contribution in [0.4, 0.5) is 5.95 Å². The zero-order valence-corrected chi connectivity index (χ0v) is 20.8. The Hall–Kier alpha value is -4.84. The first-order valence-electron chi connectivity index (χ1n) is 12.7. The van der Waals surface area contributed by atoms with Crippen LogP contribution in [-0.2, 0) is 6.54 Å². The number of fused-ring (bicyclic) bond motifs is 1. The third-order valence-electron chi connectivity index (χ3n) is 7.04. The summed E-state index contributed by atoms with van der Waals surface area (Å²) in [4.78, 5) is 37.8. The third-order valence-corrected chi connectivity index (χ3v) is 7.04. The number of hydrogen-bond donors (Lipinski definition) is 0. The van der Waals surface area contributed by atoms with Crippen LogP contribution >= 0.6 is 0 Å². The topological polar surface area (TPSA) is 68.1 Å². The van der Waals surface area contributed by atoms with Gasteiger partial charge in [-0.05, 0) is 35.2 Å². The maximum Gasteiger partial charge on any atom is 0.255 e. The van der Waals surface area contributed by atoms with Gasteiger partial charge in [0.25, 0.3) is 5.56 Å². The zero-order chi connectivity index (χ0) is 25.9. The number of pyridine rings is 1. The molecule has 38 heavy (non-hydrogen) atoms. The standard InChI is InChI=1S/C32H26N4O2/c37-30(27-13-11-24(12-14-27)23-7-3-1-4-8-23)22-36-29(26-9-5-2-6-10-26)17-20-35-31(38)21-28(34-32(35)36)25-15-18-33-19-16-25/h1-16,18-19,21,29H,17,20,22H2. The molecule has 0 N–H and O–H groups in total. The molecular weight excluding hydrogens is 472 g/mol. The van der Waals surface area contributed by atoms with Crippen molar-refractivity contribution >= 4 is 11.7 Å². The largest absolute Gasteiger partial charge is 0.327 e. The number of benzene rings is 3. The molecule has 2 aromatic heterocycles. The normalized spacial score (nSPS) is 14.6. The lowest BCUT2D eigenvalue weighted by atomic mass is 9.98. The highest BCUT2D eigenvalue weighted by molar-refractivity contribution is 5.99. The second-order valence-electron chi connectivity index (χ2n) is 9.38. The van der Waals surface area contributed by atoms with Crippen molar-refractivity contribution in [3.05, 3.63) is 137 Å². The Morgan fingerprint density at radius 2 is 1.45 bits per heavy atom. The monoisotopic (exact) mass is 498 g/mol. The first kappa shape index (κ1) is 23.6. The minimum absolute atomic E-state index is 0.0254. The Kier molecular flexibility index (Phi) is 6.36. The second kappa shape index (κ2) is 10.3. The average Bonchev–Trinajstić information content (AvgIpc) is 2.99. The van der Waals surface area contributed by atoms with Crippen LogP contribution in [0.5, 0.6) is 0 Å². The van der Waals surface area contributed by atoms with Crippen LogP contribution in [0, 0.1) is 0 Å². The lowest BCUT2D eigenvalue weighted by molar-refractivity contribution is 0.0994. The maximum atomic E-state index is 13.6. The van der Waals surface area contributed by atoms with Gasteiger partial charge >= 0.3 is 0 Å². The molecule has 1 unspecified atom stereocenters. The summed E-state index contributed by atoms with van der Waals surface area (Å²) in [6.45, 7) is 0.643. The van der Waals surface area contributed by atoms with E-state index in [1.807, 2.05) is 77.7 Å². The highest BCUT2D eigenvalue weighted by atomic mass is 16.1. The number of hydrogen-bond acceptors (Lipinski definition) is 5. The van der Waals surface area contributed by atoms with E-state index in [1.165, 1.54) is 0 Å². The van der Waals surface area contributed by atoms with Crippen LogP contribution in [0.15, 0.2) is 120 Å². The number of ketones is 1. The van der Waals surface area contributed by atoms with E-state index in [0.29, 0.717) is 30.2 Å². The Morgan fingerprint density at radius 1 is 0.789 bits per heavy atom. The van der Waals surface area contributed by atoms with Crippen LogP contribution in [0.2, 0.25) is 0 Å². The van der Waals surface area contributed by atoms with E-state index in [1.54, 1.807) is 23.0 Å². The minimum atomic E-state index is -0.127. The van der Waals surface area contributed by atoms with Crippen LogP contribution in [-0.4, -0.2) is 26.9 Å². The summed E-state index contributed by atoms with van der Waals surface area (Å²) in [6, 6.07) is 33.1. The highest BCUT2D eigenvalue weighted by Crippen LogP contribution is 2.34. The van der Waals surface area contributed by atoms with E-state index < -0.39 is 0 Å². The van der Waals surface area contributed by atoms with Gasteiger partial charge in [0.15, 0.2) is 5.78 Å². The summed E-state index contributed by atoms with van der Waals surface area (Å²) in [5.41, 5.74) is 5.14. The average molecular weight is 499 g/mol. The Balaban J connectivity index is 1.38. The fraction of sp³-hybridized carbons (Fsp3) is 0.125. The summed E-state index contributed by atoms with van der Waals surface area (Å²) in [5, 5.41) is 0. The molecule has 6 rings (SSSR count). The van der Waals surface area contributed by atoms with E-state index >= 15 is 0 Å². The van der Waals surface area contributed by atoms with Crippen LogP contribution < -0.4 is 10.5 Å². The van der Waals surface area contributed by atoms with Gasteiger partial charge in [-0.3, -0.25) is 19.1 Å². The molecule has 0 aliphatic carbocycles. The number of carbonyl (C=O) groups excluding carboxylic acids is 1. The Labute approximate surface area is 220 Å². The molecule has 0 amide bonds. The zero-order valence-electron chi connectivity index (χ0n) is 20.8. The maximum absolute atomic E-state index is 13.6. The highest BCUT2D eigenvalue weighted by Gasteiger charge is 2.31. The van der Waals surface area contributed by atoms with Crippen molar-refractivity contribution in [3.8, 4) is 22.4 Å². The van der Waals surface area contributed by atoms with Crippen molar-refractivity contribution in [1.29, 1.82) is 0 Å². The molecule has 0 fully saturated rings. The van der Waals surface area contributed by atoms with E-state index in [4.69, 9.17) is 4.98 Å². The third kappa shape index (κ3) is 4.64. The molecule has 6 nitrogen and oxygen atoms in total. The van der Waals surface area contributed by atoms with Gasteiger partial charge in [0, 0.05) is 36.1 Å². The van der Waals surface area contributed by atoms with Crippen molar-refractivity contribution in [2.45, 2.75) is 19.0 Å². The summed E-state index contributed by atoms with van der Waals surface area (Å²) in [5.74, 6) is 0.487. The minimum Gasteiger partial charge on any atom is -0.327 e. The second-order valence-corrected chi connectivity index (χ2v) is 9.38. The fourth-order valence-corrected chi connectivity index (χ4v) is 5.07. The van der Waals surface area contributed by atoms with Crippen molar-refractivity contribution in [2.24, 2.45) is 0 Å². The molecule has 3 aromatic carbocycles. The van der Waals surface area contributed by atoms with Crippen LogP contribution in [0.25, 0.3) is 22.4 Å². The molecule has 1 aliphatic heterocycles. The molecule has 1 aliphatic rings. The lowest BCUT2D eigenvalue weighted by Gasteiger charge is -2.38. The predicted octanol–water partition coefficient (Wildman–Crippen LogP) is 5.81. The lowest BCUT2D eigenvalue weighted by Crippen LogP contribution is -2.43. The van der Waals surface area contributed by atoms with Gasteiger partial charge < -0.3 is 4.90 Å². The fourth-order valence-electron chi connectivity index (χ4n) is 5.07. The van der Waals surface area contributed by atoms with Gasteiger partial charge in [0.2, 0.25) is 5.95 Å². The summed E-state index contributed by atoms with van der Waals surface area (Å²) in [6.07, 6.45) is 4.07. The summed E-state index contributed by atoms with van der Waals surface area (Å²) >= 11 is 0.